The molecule has 0 saturated heterocycles. The summed E-state index contributed by atoms with van der Waals surface area (Å²) in [6.07, 6.45) is 50.1. The third-order valence-electron chi connectivity index (χ3n) is 10.3. The van der Waals surface area contributed by atoms with Crippen molar-refractivity contribution in [1.29, 1.82) is 0 Å². The van der Waals surface area contributed by atoms with E-state index in [2.05, 4.69) is 74.6 Å². The first-order chi connectivity index (χ1) is 29.6. The molecule has 0 rings (SSSR count). The van der Waals surface area contributed by atoms with E-state index < -0.39 is 24.3 Å². The molecule has 0 radical (unpaired) electrons. The van der Waals surface area contributed by atoms with Gasteiger partial charge in [-0.1, -0.05) is 164 Å². The van der Waals surface area contributed by atoms with Gasteiger partial charge in [-0.3, -0.25) is 9.59 Å². The number of carboxylic acid groups (broad SMARTS) is 1. The van der Waals surface area contributed by atoms with Crippen LogP contribution in [0.25, 0.3) is 0 Å². The molecule has 1 N–H and O–H groups in total. The molecule has 0 aliphatic heterocycles. The Kier molecular flexibility index (Phi) is 41.5. The lowest BCUT2D eigenvalue weighted by molar-refractivity contribution is -0.870. The van der Waals surface area contributed by atoms with Crippen LogP contribution in [0.15, 0.2) is 60.8 Å². The molecule has 0 saturated carbocycles. The minimum atomic E-state index is -1.52. The Bertz CT molecular complexity index is 1180. The SMILES string of the molecule is CC/C=C\C/C=C\C/C=C\CCCCCC(=O)OC(COC(=O)CCCCCCCCCCCCC/C=C\C/C=C\CCCCCCC)COC(OCC[N+](C)(C)C)C(=O)O. The number of carbonyl (C=O) groups is 3. The number of likely N-dealkylation sites (N-methyl/N-ethyl adjacent to an activating group) is 1. The van der Waals surface area contributed by atoms with Crippen LogP contribution in [0.5, 0.6) is 0 Å². The molecular weight excluding hydrogens is 767 g/mol. The molecule has 0 bridgehead atoms. The summed E-state index contributed by atoms with van der Waals surface area (Å²) in [5.41, 5.74) is 0. The van der Waals surface area contributed by atoms with Crippen molar-refractivity contribution in [2.45, 2.75) is 206 Å². The maximum Gasteiger partial charge on any atom is 0.361 e. The summed E-state index contributed by atoms with van der Waals surface area (Å²) in [5.74, 6) is -2.05. The Morgan fingerprint density at radius 2 is 0.934 bits per heavy atom. The van der Waals surface area contributed by atoms with Crippen LogP contribution < -0.4 is 0 Å². The molecule has 0 aliphatic rings. The van der Waals surface area contributed by atoms with Crippen molar-refractivity contribution in [1.82, 2.24) is 0 Å². The van der Waals surface area contributed by atoms with Crippen molar-refractivity contribution in [2.24, 2.45) is 0 Å². The smallest absolute Gasteiger partial charge is 0.361 e. The second-order valence-electron chi connectivity index (χ2n) is 17.4. The van der Waals surface area contributed by atoms with Gasteiger partial charge in [0, 0.05) is 12.8 Å². The van der Waals surface area contributed by atoms with E-state index in [1.54, 1.807) is 0 Å². The number of aliphatic carboxylic acids is 1. The Morgan fingerprint density at radius 3 is 1.41 bits per heavy atom. The molecule has 0 aromatic heterocycles. The van der Waals surface area contributed by atoms with Gasteiger partial charge < -0.3 is 28.5 Å². The van der Waals surface area contributed by atoms with Crippen molar-refractivity contribution in [3.05, 3.63) is 60.8 Å². The number of rotatable bonds is 44. The van der Waals surface area contributed by atoms with Gasteiger partial charge in [0.25, 0.3) is 6.29 Å². The Labute approximate surface area is 374 Å². The highest BCUT2D eigenvalue weighted by atomic mass is 16.7. The fourth-order valence-corrected chi connectivity index (χ4v) is 6.47. The molecule has 0 amide bonds. The lowest BCUT2D eigenvalue weighted by Crippen LogP contribution is -2.40. The first-order valence-corrected chi connectivity index (χ1v) is 24.5. The first-order valence-electron chi connectivity index (χ1n) is 24.5. The first kappa shape index (κ1) is 58.0. The van der Waals surface area contributed by atoms with E-state index in [0.29, 0.717) is 23.9 Å². The minimum Gasteiger partial charge on any atom is -0.477 e. The van der Waals surface area contributed by atoms with Crippen LogP contribution in [0.1, 0.15) is 194 Å². The highest BCUT2D eigenvalue weighted by molar-refractivity contribution is 5.71. The quantitative estimate of drug-likeness (QED) is 0.0212. The van der Waals surface area contributed by atoms with Crippen LogP contribution in [0.3, 0.4) is 0 Å². The normalized spacial score (nSPS) is 13.4. The van der Waals surface area contributed by atoms with E-state index in [1.165, 1.54) is 96.3 Å². The topological polar surface area (TPSA) is 108 Å². The van der Waals surface area contributed by atoms with Gasteiger partial charge in [-0.25, -0.2) is 4.79 Å². The van der Waals surface area contributed by atoms with Crippen molar-refractivity contribution < 1.29 is 42.9 Å². The fraction of sp³-hybridized carbons (Fsp3) is 0.750. The molecule has 0 aromatic carbocycles. The van der Waals surface area contributed by atoms with Crippen LogP contribution in [-0.2, 0) is 33.3 Å². The van der Waals surface area contributed by atoms with Gasteiger partial charge in [0.2, 0.25) is 0 Å². The molecule has 0 spiro atoms. The zero-order valence-electron chi connectivity index (χ0n) is 39.8. The van der Waals surface area contributed by atoms with E-state index in [4.69, 9.17) is 18.9 Å². The van der Waals surface area contributed by atoms with Gasteiger partial charge in [-0.05, 0) is 77.0 Å². The van der Waals surface area contributed by atoms with Crippen molar-refractivity contribution >= 4 is 17.9 Å². The van der Waals surface area contributed by atoms with E-state index in [0.717, 1.165) is 64.2 Å². The molecule has 9 heteroatoms. The number of allylic oxidation sites excluding steroid dienone is 10. The molecule has 0 heterocycles. The summed E-state index contributed by atoms with van der Waals surface area (Å²) < 4.78 is 22.7. The maximum absolute atomic E-state index is 12.7. The predicted octanol–water partition coefficient (Wildman–Crippen LogP) is 13.3. The summed E-state index contributed by atoms with van der Waals surface area (Å²) in [7, 11) is 5.94. The van der Waals surface area contributed by atoms with Crippen molar-refractivity contribution in [2.75, 3.05) is 47.5 Å². The lowest BCUT2D eigenvalue weighted by atomic mass is 10.0. The molecule has 9 nitrogen and oxygen atoms in total. The van der Waals surface area contributed by atoms with E-state index in [9.17, 15) is 19.5 Å². The number of unbranched alkanes of at least 4 members (excludes halogenated alkanes) is 19. The average Bonchev–Trinajstić information content (AvgIpc) is 3.22. The van der Waals surface area contributed by atoms with Crippen LogP contribution in [0, 0.1) is 0 Å². The van der Waals surface area contributed by atoms with Gasteiger partial charge >= 0.3 is 17.9 Å². The minimum absolute atomic E-state index is 0.179. The molecule has 0 fully saturated rings. The van der Waals surface area contributed by atoms with E-state index in [1.807, 2.05) is 21.1 Å². The number of esters is 2. The van der Waals surface area contributed by atoms with Crippen LogP contribution >= 0.6 is 0 Å². The fourth-order valence-electron chi connectivity index (χ4n) is 6.47. The summed E-state index contributed by atoms with van der Waals surface area (Å²) in [6, 6.07) is 0. The van der Waals surface area contributed by atoms with Gasteiger partial charge in [-0.2, -0.15) is 0 Å². The highest BCUT2D eigenvalue weighted by Gasteiger charge is 2.25. The molecule has 2 atom stereocenters. The number of carbonyl (C=O) groups excluding carboxylic acids is 2. The Balaban J connectivity index is 4.33. The Morgan fingerprint density at radius 1 is 0.508 bits per heavy atom. The average molecular weight is 859 g/mol. The van der Waals surface area contributed by atoms with Gasteiger partial charge in [-0.15, -0.1) is 0 Å². The van der Waals surface area contributed by atoms with Crippen LogP contribution in [0.2, 0.25) is 0 Å². The van der Waals surface area contributed by atoms with Gasteiger partial charge in [0.1, 0.15) is 13.2 Å². The van der Waals surface area contributed by atoms with Crippen molar-refractivity contribution in [3.63, 3.8) is 0 Å². The maximum atomic E-state index is 12.7. The largest absolute Gasteiger partial charge is 0.477 e. The zero-order valence-corrected chi connectivity index (χ0v) is 39.8. The molecule has 61 heavy (non-hydrogen) atoms. The zero-order chi connectivity index (χ0) is 44.9. The summed E-state index contributed by atoms with van der Waals surface area (Å²) in [6.45, 7) is 4.70. The highest BCUT2D eigenvalue weighted by Crippen LogP contribution is 2.14. The van der Waals surface area contributed by atoms with E-state index in [-0.39, 0.29) is 32.2 Å². The second kappa shape index (κ2) is 43.6. The molecule has 352 valence electrons. The number of hydrogen-bond acceptors (Lipinski definition) is 7. The summed E-state index contributed by atoms with van der Waals surface area (Å²) >= 11 is 0. The number of carboxylic acids is 1. The van der Waals surface area contributed by atoms with Gasteiger partial charge in [0.05, 0.1) is 34.4 Å². The number of hydrogen-bond donors (Lipinski definition) is 1. The van der Waals surface area contributed by atoms with Gasteiger partial charge in [0.15, 0.2) is 6.10 Å². The third kappa shape index (κ3) is 44.8. The third-order valence-corrected chi connectivity index (χ3v) is 10.3. The lowest BCUT2D eigenvalue weighted by Gasteiger charge is -2.25. The van der Waals surface area contributed by atoms with E-state index >= 15 is 0 Å². The van der Waals surface area contributed by atoms with Crippen LogP contribution in [0.4, 0.5) is 0 Å². The van der Waals surface area contributed by atoms with Crippen molar-refractivity contribution in [3.8, 4) is 0 Å². The standard InChI is InChI=1S/C52H91NO8/c1-6-8-10-12-14-16-18-20-21-22-23-24-25-26-27-28-29-31-32-34-36-38-40-42-49(54)59-46-48(47-60-52(51(56)57)58-45-44-53(3,4)5)61-50(55)43-41-39-37-35-33-30-19-17-15-13-11-9-7-2/h9,11,15,17-18,20,22-23,30,33,48,52H,6-8,10,12-14,16,19,21,24-29,31-32,34-47H2,1-5H3/p+1/b11-9-,17-15-,20-18-,23-22-,33-30-. The summed E-state index contributed by atoms with van der Waals surface area (Å²) in [5, 5.41) is 9.64. The number of quaternary nitrogens is 1. The predicted molar refractivity (Wildman–Crippen MR) is 253 cm³/mol. The molecule has 0 aliphatic carbocycles. The summed E-state index contributed by atoms with van der Waals surface area (Å²) in [4.78, 5) is 37.2. The molecule has 2 unspecified atom stereocenters. The molecular formula is C52H92NO8+. The monoisotopic (exact) mass is 859 g/mol. The second-order valence-corrected chi connectivity index (χ2v) is 17.4. The molecule has 0 aromatic rings. The number of ether oxygens (including phenoxy) is 4. The number of nitrogens with zero attached hydrogens (tertiary/aromatic N) is 1. The Hall–Kier alpha value is -3.01. The van der Waals surface area contributed by atoms with Crippen LogP contribution in [-0.4, -0.2) is 87.4 Å².